The van der Waals surface area contributed by atoms with Crippen LogP contribution in [-0.4, -0.2) is 26.5 Å². The lowest BCUT2D eigenvalue weighted by atomic mass is 10.1. The van der Waals surface area contributed by atoms with E-state index in [1.165, 1.54) is 11.2 Å². The molecule has 102 valence electrons. The minimum Gasteiger partial charge on any atom is -0.295 e. The van der Waals surface area contributed by atoms with E-state index in [4.69, 9.17) is 0 Å². The van der Waals surface area contributed by atoms with Crippen molar-refractivity contribution in [2.75, 3.05) is 16.6 Å². The summed E-state index contributed by atoms with van der Waals surface area (Å²) in [5.41, 5.74) is 2.37. The molecule has 0 N–H and O–H groups in total. The normalized spacial score (nSPS) is 18.5. The van der Waals surface area contributed by atoms with Crippen LogP contribution in [0.1, 0.15) is 35.7 Å². The highest BCUT2D eigenvalue weighted by molar-refractivity contribution is 7.92. The molecule has 4 nitrogen and oxygen atoms in total. The summed E-state index contributed by atoms with van der Waals surface area (Å²) in [5, 5.41) is 0. The van der Waals surface area contributed by atoms with Gasteiger partial charge in [0.25, 0.3) is 0 Å². The van der Waals surface area contributed by atoms with Crippen molar-refractivity contribution in [1.29, 1.82) is 0 Å². The van der Waals surface area contributed by atoms with Gasteiger partial charge in [0.15, 0.2) is 5.78 Å². The van der Waals surface area contributed by atoms with Crippen molar-refractivity contribution in [3.05, 3.63) is 29.3 Å². The average molecular weight is 279 g/mol. The monoisotopic (exact) mass is 279 g/mol. The SMILES string of the molecule is CC(=O)c1ccc2c(c1)CCN2S(=O)(=O)CC1CC1. The molecule has 0 spiro atoms. The third-order valence-corrected chi connectivity index (χ3v) is 5.76. The molecule has 0 saturated heterocycles. The molecule has 0 bridgehead atoms. The molecule has 1 aromatic rings. The first kappa shape index (κ1) is 12.7. The molecule has 1 aliphatic carbocycles. The molecule has 5 heteroatoms. The van der Waals surface area contributed by atoms with Crippen LogP contribution >= 0.6 is 0 Å². The topological polar surface area (TPSA) is 54.5 Å². The van der Waals surface area contributed by atoms with Crippen LogP contribution in [-0.2, 0) is 16.4 Å². The zero-order valence-corrected chi connectivity index (χ0v) is 11.7. The van der Waals surface area contributed by atoms with Crippen molar-refractivity contribution in [1.82, 2.24) is 0 Å². The molecule has 1 heterocycles. The average Bonchev–Trinajstić information content (AvgIpc) is 3.04. The standard InChI is InChI=1S/C14H17NO3S/c1-10(16)12-4-5-14-13(8-12)6-7-15(14)19(17,18)9-11-2-3-11/h4-5,8,11H,2-3,6-7,9H2,1H3. The lowest BCUT2D eigenvalue weighted by molar-refractivity contribution is 0.101. The number of hydrogen-bond donors (Lipinski definition) is 0. The van der Waals surface area contributed by atoms with Gasteiger partial charge >= 0.3 is 0 Å². The van der Waals surface area contributed by atoms with Crippen LogP contribution in [0.2, 0.25) is 0 Å². The van der Waals surface area contributed by atoms with E-state index in [1.54, 1.807) is 12.1 Å². The van der Waals surface area contributed by atoms with Crippen LogP contribution in [0, 0.1) is 5.92 Å². The van der Waals surface area contributed by atoms with Gasteiger partial charge < -0.3 is 0 Å². The van der Waals surface area contributed by atoms with Gasteiger partial charge in [-0.05, 0) is 55.9 Å². The molecule has 0 atom stereocenters. The largest absolute Gasteiger partial charge is 0.295 e. The fraction of sp³-hybridized carbons (Fsp3) is 0.500. The Hall–Kier alpha value is -1.36. The summed E-state index contributed by atoms with van der Waals surface area (Å²) < 4.78 is 26.2. The molecule has 1 fully saturated rings. The van der Waals surface area contributed by atoms with Gasteiger partial charge in [0.1, 0.15) is 0 Å². The van der Waals surface area contributed by atoms with Crippen molar-refractivity contribution in [2.45, 2.75) is 26.2 Å². The molecule has 2 aliphatic rings. The lowest BCUT2D eigenvalue weighted by Gasteiger charge is -2.19. The minimum absolute atomic E-state index is 0.0158. The second kappa shape index (κ2) is 4.34. The van der Waals surface area contributed by atoms with Crippen LogP contribution < -0.4 is 4.31 Å². The van der Waals surface area contributed by atoms with Gasteiger partial charge in [-0.2, -0.15) is 0 Å². The number of Topliss-reactive ketones (excluding diaryl/α,β-unsaturated/α-hetero) is 1. The van der Waals surface area contributed by atoms with Crippen LogP contribution in [0.15, 0.2) is 18.2 Å². The van der Waals surface area contributed by atoms with Gasteiger partial charge in [-0.3, -0.25) is 9.10 Å². The smallest absolute Gasteiger partial charge is 0.235 e. The molecule has 1 aliphatic heterocycles. The second-order valence-electron chi connectivity index (χ2n) is 5.44. The number of anilines is 1. The number of benzene rings is 1. The van der Waals surface area contributed by atoms with Crippen molar-refractivity contribution < 1.29 is 13.2 Å². The Balaban J connectivity index is 1.91. The van der Waals surface area contributed by atoms with E-state index in [1.807, 2.05) is 6.07 Å². The summed E-state index contributed by atoms with van der Waals surface area (Å²) in [5.74, 6) is 0.633. The predicted octanol–water partition coefficient (Wildman–Crippen LogP) is 1.99. The molecule has 1 saturated carbocycles. The van der Waals surface area contributed by atoms with Crippen molar-refractivity contribution in [3.8, 4) is 0 Å². The highest BCUT2D eigenvalue weighted by atomic mass is 32.2. The Bertz CT molecular complexity index is 632. The van der Waals surface area contributed by atoms with Crippen LogP contribution in [0.3, 0.4) is 0 Å². The summed E-state index contributed by atoms with van der Waals surface area (Å²) >= 11 is 0. The van der Waals surface area contributed by atoms with Crippen LogP contribution in [0.4, 0.5) is 5.69 Å². The number of nitrogens with zero attached hydrogens (tertiary/aromatic N) is 1. The van der Waals surface area contributed by atoms with E-state index in [0.717, 1.165) is 24.1 Å². The van der Waals surface area contributed by atoms with E-state index < -0.39 is 10.0 Å². The molecule has 3 rings (SSSR count). The molecular weight excluding hydrogens is 262 g/mol. The highest BCUT2D eigenvalue weighted by Gasteiger charge is 2.35. The first-order chi connectivity index (χ1) is 8.97. The number of rotatable bonds is 4. The molecule has 0 radical (unpaired) electrons. The van der Waals surface area contributed by atoms with Gasteiger partial charge in [0.2, 0.25) is 10.0 Å². The summed E-state index contributed by atoms with van der Waals surface area (Å²) in [7, 11) is -3.19. The van der Waals surface area contributed by atoms with Gasteiger partial charge in [-0.1, -0.05) is 0 Å². The lowest BCUT2D eigenvalue weighted by Crippen LogP contribution is -2.32. The third kappa shape index (κ3) is 2.39. The Morgan fingerprint density at radius 1 is 1.37 bits per heavy atom. The van der Waals surface area contributed by atoms with Crippen molar-refractivity contribution in [2.24, 2.45) is 5.92 Å². The number of carbonyl (C=O) groups excluding carboxylic acids is 1. The van der Waals surface area contributed by atoms with E-state index >= 15 is 0 Å². The molecule has 1 aromatic carbocycles. The quantitative estimate of drug-likeness (QED) is 0.792. The summed E-state index contributed by atoms with van der Waals surface area (Å²) in [6.07, 6.45) is 2.76. The first-order valence-corrected chi connectivity index (χ1v) is 8.22. The van der Waals surface area contributed by atoms with E-state index in [2.05, 4.69) is 0 Å². The molecule has 0 amide bonds. The van der Waals surface area contributed by atoms with E-state index in [-0.39, 0.29) is 11.5 Å². The Labute approximate surface area is 113 Å². The minimum atomic E-state index is -3.19. The molecule has 0 unspecified atom stereocenters. The van der Waals surface area contributed by atoms with Gasteiger partial charge in [0.05, 0.1) is 11.4 Å². The van der Waals surface area contributed by atoms with Crippen LogP contribution in [0.5, 0.6) is 0 Å². The number of sulfonamides is 1. The highest BCUT2D eigenvalue weighted by Crippen LogP contribution is 2.36. The number of fused-ring (bicyclic) bond motifs is 1. The molecular formula is C14H17NO3S. The number of ketones is 1. The van der Waals surface area contributed by atoms with Gasteiger partial charge in [-0.25, -0.2) is 8.42 Å². The number of carbonyl (C=O) groups is 1. The van der Waals surface area contributed by atoms with Gasteiger partial charge in [-0.15, -0.1) is 0 Å². The van der Waals surface area contributed by atoms with Crippen molar-refractivity contribution in [3.63, 3.8) is 0 Å². The van der Waals surface area contributed by atoms with E-state index in [9.17, 15) is 13.2 Å². The predicted molar refractivity (Wildman–Crippen MR) is 74.0 cm³/mol. The molecule has 0 aromatic heterocycles. The zero-order valence-electron chi connectivity index (χ0n) is 10.9. The van der Waals surface area contributed by atoms with Crippen LogP contribution in [0.25, 0.3) is 0 Å². The first-order valence-electron chi connectivity index (χ1n) is 6.61. The Kier molecular flexibility index (Phi) is 2.89. The summed E-state index contributed by atoms with van der Waals surface area (Å²) in [4.78, 5) is 11.3. The zero-order chi connectivity index (χ0) is 13.6. The Morgan fingerprint density at radius 3 is 2.74 bits per heavy atom. The fourth-order valence-corrected chi connectivity index (χ4v) is 4.51. The summed E-state index contributed by atoms with van der Waals surface area (Å²) in [6, 6.07) is 5.31. The maximum atomic E-state index is 12.3. The Morgan fingerprint density at radius 2 is 2.11 bits per heavy atom. The fourth-order valence-electron chi connectivity index (χ4n) is 2.55. The third-order valence-electron chi connectivity index (χ3n) is 3.82. The summed E-state index contributed by atoms with van der Waals surface area (Å²) in [6.45, 7) is 2.03. The van der Waals surface area contributed by atoms with Gasteiger partial charge in [0, 0.05) is 12.1 Å². The van der Waals surface area contributed by atoms with E-state index in [0.29, 0.717) is 24.4 Å². The second-order valence-corrected chi connectivity index (χ2v) is 7.38. The number of hydrogen-bond acceptors (Lipinski definition) is 3. The van der Waals surface area contributed by atoms with Crippen molar-refractivity contribution >= 4 is 21.5 Å². The maximum absolute atomic E-state index is 12.3. The molecule has 19 heavy (non-hydrogen) atoms. The maximum Gasteiger partial charge on any atom is 0.235 e.